The molecule has 2 aromatic carbocycles. The van der Waals surface area contributed by atoms with Gasteiger partial charge in [0.1, 0.15) is 11.9 Å². The molecule has 0 aliphatic heterocycles. The van der Waals surface area contributed by atoms with Crippen molar-refractivity contribution >= 4 is 30.6 Å². The highest BCUT2D eigenvalue weighted by atomic mass is 19.1. The average molecular weight is 564 g/mol. The van der Waals surface area contributed by atoms with Crippen molar-refractivity contribution in [2.24, 2.45) is 0 Å². The van der Waals surface area contributed by atoms with Gasteiger partial charge in [0.2, 0.25) is 11.8 Å². The normalized spacial score (nSPS) is 12.0. The summed E-state index contributed by atoms with van der Waals surface area (Å²) < 4.78 is 15.5. The number of amides is 3. The van der Waals surface area contributed by atoms with E-state index in [9.17, 15) is 23.8 Å². The zero-order valence-corrected chi connectivity index (χ0v) is 24.1. The van der Waals surface area contributed by atoms with Crippen LogP contribution in [0.1, 0.15) is 48.2 Å². The number of hydrogen-bond donors (Lipinski definition) is 4. The van der Waals surface area contributed by atoms with E-state index in [1.807, 2.05) is 30.3 Å². The third kappa shape index (κ3) is 9.26. The molecule has 0 saturated heterocycles. The number of aryl methyl sites for hydroxylation is 1. The molecule has 1 heterocycles. The number of rotatable bonds is 13. The predicted octanol–water partition coefficient (Wildman–Crippen LogP) is 2.70. The molecular formula is C29H38BFN6O4. The number of anilines is 1. The van der Waals surface area contributed by atoms with Crippen LogP contribution in [0.5, 0.6) is 0 Å². The van der Waals surface area contributed by atoms with Crippen LogP contribution in [0.4, 0.5) is 10.2 Å². The van der Waals surface area contributed by atoms with Gasteiger partial charge in [0.25, 0.3) is 5.91 Å². The van der Waals surface area contributed by atoms with Gasteiger partial charge in [-0.2, -0.15) is 0 Å². The molecule has 3 rings (SSSR count). The van der Waals surface area contributed by atoms with Crippen molar-refractivity contribution in [1.82, 2.24) is 25.0 Å². The van der Waals surface area contributed by atoms with E-state index in [2.05, 4.69) is 20.8 Å². The fourth-order valence-corrected chi connectivity index (χ4v) is 4.40. The van der Waals surface area contributed by atoms with Crippen LogP contribution < -0.4 is 15.9 Å². The first kappa shape index (κ1) is 31.5. The Kier molecular flexibility index (Phi) is 10.8. The fraction of sp³-hybridized carbons (Fsp3) is 0.379. The molecule has 0 aliphatic rings. The maximum Gasteiger partial charge on any atom is 0.374 e. The van der Waals surface area contributed by atoms with Gasteiger partial charge < -0.3 is 30.4 Å². The Morgan fingerprint density at radius 3 is 2.51 bits per heavy atom. The zero-order chi connectivity index (χ0) is 30.2. The highest BCUT2D eigenvalue weighted by Gasteiger charge is 2.33. The van der Waals surface area contributed by atoms with Gasteiger partial charge in [-0.15, -0.1) is 0 Å². The summed E-state index contributed by atoms with van der Waals surface area (Å²) >= 11 is 0. The fourth-order valence-electron chi connectivity index (χ4n) is 4.40. The molecule has 4 N–H and O–H groups in total. The molecule has 1 atom stereocenters. The maximum absolute atomic E-state index is 13.9. The molecule has 0 unspecified atom stereocenters. The average Bonchev–Trinajstić information content (AvgIpc) is 3.34. The van der Waals surface area contributed by atoms with Crippen molar-refractivity contribution in [1.29, 1.82) is 0 Å². The second kappa shape index (κ2) is 14.0. The molecule has 0 bridgehead atoms. The molecule has 0 fully saturated rings. The van der Waals surface area contributed by atoms with Crippen LogP contribution in [-0.4, -0.2) is 69.9 Å². The van der Waals surface area contributed by atoms with E-state index in [0.29, 0.717) is 18.4 Å². The number of imidazole rings is 1. The van der Waals surface area contributed by atoms with Crippen LogP contribution >= 0.6 is 0 Å². The summed E-state index contributed by atoms with van der Waals surface area (Å²) in [4.78, 5) is 44.5. The number of carbonyl (C=O) groups is 3. The third-order valence-corrected chi connectivity index (χ3v) is 6.51. The summed E-state index contributed by atoms with van der Waals surface area (Å²) in [5.41, 5.74) is 0.841. The number of benzene rings is 2. The largest absolute Gasteiger partial charge is 0.437 e. The zero-order valence-electron chi connectivity index (χ0n) is 24.1. The molecule has 0 radical (unpaired) electrons. The lowest BCUT2D eigenvalue weighted by Crippen LogP contribution is -2.60. The van der Waals surface area contributed by atoms with E-state index in [-0.39, 0.29) is 23.8 Å². The first-order valence-electron chi connectivity index (χ1n) is 13.5. The number of nitrogens with zero attached hydrogens (tertiary/aromatic N) is 3. The summed E-state index contributed by atoms with van der Waals surface area (Å²) in [6, 6.07) is 13.0. The Labute approximate surface area is 240 Å². The Hall–Kier alpha value is -4.03. The van der Waals surface area contributed by atoms with E-state index in [1.165, 1.54) is 30.2 Å². The van der Waals surface area contributed by atoms with Crippen LogP contribution in [-0.2, 0) is 22.6 Å². The van der Waals surface area contributed by atoms with E-state index < -0.39 is 36.3 Å². The van der Waals surface area contributed by atoms with Crippen molar-refractivity contribution in [3.63, 3.8) is 0 Å². The smallest absolute Gasteiger partial charge is 0.374 e. The van der Waals surface area contributed by atoms with E-state index in [1.54, 1.807) is 44.8 Å². The minimum atomic E-state index is -1.12. The van der Waals surface area contributed by atoms with Crippen molar-refractivity contribution in [2.45, 2.75) is 58.1 Å². The predicted molar refractivity (Wildman–Crippen MR) is 157 cm³/mol. The van der Waals surface area contributed by atoms with Crippen molar-refractivity contribution < 1.29 is 23.8 Å². The summed E-state index contributed by atoms with van der Waals surface area (Å²) in [5, 5.41) is 18.1. The minimum Gasteiger partial charge on any atom is -0.437 e. The second-order valence-corrected chi connectivity index (χ2v) is 10.8. The van der Waals surface area contributed by atoms with Gasteiger partial charge in [-0.25, -0.2) is 9.37 Å². The van der Waals surface area contributed by atoms with Gasteiger partial charge in [-0.05, 0) is 63.2 Å². The molecule has 12 heteroatoms. The number of aromatic nitrogens is 2. The molecule has 218 valence electrons. The molecule has 0 spiro atoms. The molecule has 3 aromatic rings. The lowest BCUT2D eigenvalue weighted by Gasteiger charge is -2.28. The highest BCUT2D eigenvalue weighted by molar-refractivity contribution is 6.46. The molecule has 1 aromatic heterocycles. The quantitative estimate of drug-likeness (QED) is 0.237. The highest BCUT2D eigenvalue weighted by Crippen LogP contribution is 2.17. The third-order valence-electron chi connectivity index (χ3n) is 6.51. The van der Waals surface area contributed by atoms with Crippen LogP contribution in [0.15, 0.2) is 61.1 Å². The molecule has 0 saturated carbocycles. The SMILES string of the molecule is CB(O)NC(C)(C)C(=O)N[C@H](CCCc1ccccc1)C(=O)Nc1cn(Cc2ccc(F)cc2C(=O)N(C)C)cn1. The minimum absolute atomic E-state index is 0.231. The Morgan fingerprint density at radius 1 is 1.15 bits per heavy atom. The van der Waals surface area contributed by atoms with Crippen LogP contribution in [0.25, 0.3) is 0 Å². The summed E-state index contributed by atoms with van der Waals surface area (Å²) in [5.74, 6) is -1.44. The van der Waals surface area contributed by atoms with Gasteiger partial charge in [0, 0.05) is 32.4 Å². The number of halogens is 1. The summed E-state index contributed by atoms with van der Waals surface area (Å²) in [6.07, 6.45) is 4.86. The van der Waals surface area contributed by atoms with E-state index >= 15 is 0 Å². The summed E-state index contributed by atoms with van der Waals surface area (Å²) in [7, 11) is 2.27. The van der Waals surface area contributed by atoms with Gasteiger partial charge in [0.05, 0.1) is 11.9 Å². The molecular weight excluding hydrogens is 526 g/mol. The van der Waals surface area contributed by atoms with Crippen molar-refractivity contribution in [3.05, 3.63) is 83.6 Å². The molecule has 41 heavy (non-hydrogen) atoms. The number of hydrogen-bond acceptors (Lipinski definition) is 6. The van der Waals surface area contributed by atoms with Crippen LogP contribution in [0, 0.1) is 5.82 Å². The Morgan fingerprint density at radius 2 is 1.85 bits per heavy atom. The number of carbonyl (C=O) groups excluding carboxylic acids is 3. The van der Waals surface area contributed by atoms with Crippen LogP contribution in [0.3, 0.4) is 0 Å². The monoisotopic (exact) mass is 564 g/mol. The van der Waals surface area contributed by atoms with E-state index in [0.717, 1.165) is 12.0 Å². The van der Waals surface area contributed by atoms with Crippen molar-refractivity contribution in [2.75, 3.05) is 19.4 Å². The van der Waals surface area contributed by atoms with Gasteiger partial charge in [0.15, 0.2) is 5.82 Å². The van der Waals surface area contributed by atoms with Crippen LogP contribution in [0.2, 0.25) is 6.82 Å². The van der Waals surface area contributed by atoms with Gasteiger partial charge in [-0.1, -0.05) is 36.4 Å². The molecule has 0 aliphatic carbocycles. The maximum atomic E-state index is 13.9. The lowest BCUT2D eigenvalue weighted by molar-refractivity contribution is -0.130. The van der Waals surface area contributed by atoms with Gasteiger partial charge in [-0.3, -0.25) is 14.4 Å². The molecule has 10 nitrogen and oxygen atoms in total. The van der Waals surface area contributed by atoms with Crippen molar-refractivity contribution in [3.8, 4) is 0 Å². The second-order valence-electron chi connectivity index (χ2n) is 10.8. The van der Waals surface area contributed by atoms with Gasteiger partial charge >= 0.3 is 7.05 Å². The van der Waals surface area contributed by atoms with E-state index in [4.69, 9.17) is 0 Å². The lowest BCUT2D eigenvalue weighted by atomic mass is 9.83. The Balaban J connectivity index is 1.72. The Bertz CT molecular complexity index is 1350. The topological polar surface area (TPSA) is 129 Å². The number of nitrogens with one attached hydrogen (secondary N) is 3. The molecule has 3 amide bonds. The summed E-state index contributed by atoms with van der Waals surface area (Å²) in [6.45, 7) is 5.00. The first-order valence-corrected chi connectivity index (χ1v) is 13.5. The standard InChI is InChI=1S/C29H38BFN6O4/c1-29(2,35-30(3)41)28(40)33-24(13-9-12-20-10-7-6-8-11-20)26(38)34-25-18-37(19-32-25)17-21-14-15-22(31)16-23(21)27(39)36(4)5/h6-8,10-11,14-16,18-19,24,35,41H,9,12-13,17H2,1-5H3,(H,33,40)(H,34,38)/t24-/m1/s1. The first-order chi connectivity index (χ1) is 19.4.